The molecule has 7 heteroatoms. The van der Waals surface area contributed by atoms with E-state index in [-0.39, 0.29) is 5.41 Å². The highest BCUT2D eigenvalue weighted by Crippen LogP contribution is 2.61. The van der Waals surface area contributed by atoms with Crippen LogP contribution >= 0.6 is 0 Å². The summed E-state index contributed by atoms with van der Waals surface area (Å²) in [6, 6.07) is 49.7. The van der Waals surface area contributed by atoms with Gasteiger partial charge in [0.15, 0.2) is 34.6 Å². The van der Waals surface area contributed by atoms with Crippen molar-refractivity contribution in [3.05, 3.63) is 179 Å². The van der Waals surface area contributed by atoms with Gasteiger partial charge >= 0.3 is 0 Å². The van der Waals surface area contributed by atoms with Crippen molar-refractivity contribution < 1.29 is 18.9 Å². The molecule has 1 unspecified atom stereocenters. The number of ether oxygens (including phenoxy) is 4. The van der Waals surface area contributed by atoms with Crippen LogP contribution in [0, 0.1) is 0 Å². The molecule has 10 rings (SSSR count). The summed E-state index contributed by atoms with van der Waals surface area (Å²) in [7, 11) is 5.06. The van der Waals surface area contributed by atoms with Gasteiger partial charge in [-0.15, -0.1) is 0 Å². The van der Waals surface area contributed by atoms with E-state index in [9.17, 15) is 0 Å². The molecule has 0 amide bonds. The van der Waals surface area contributed by atoms with E-state index in [2.05, 4.69) is 98.8 Å². The van der Waals surface area contributed by atoms with Gasteiger partial charge in [0, 0.05) is 44.2 Å². The molecule has 0 saturated carbocycles. The first kappa shape index (κ1) is 38.0. The van der Waals surface area contributed by atoms with Crippen molar-refractivity contribution in [2.45, 2.75) is 37.7 Å². The molecule has 8 aromatic rings. The van der Waals surface area contributed by atoms with E-state index in [4.69, 9.17) is 33.9 Å². The van der Waals surface area contributed by atoms with E-state index in [1.165, 1.54) is 22.3 Å². The van der Waals surface area contributed by atoms with Crippen LogP contribution in [0.15, 0.2) is 152 Å². The van der Waals surface area contributed by atoms with Crippen LogP contribution in [0.4, 0.5) is 0 Å². The minimum atomic E-state index is -1.03. The number of fused-ring (bicyclic) bond motifs is 8. The minimum Gasteiger partial charge on any atom is -0.497 e. The molecule has 7 nitrogen and oxygen atoms in total. The zero-order chi connectivity index (χ0) is 41.7. The van der Waals surface area contributed by atoms with Crippen molar-refractivity contribution in [3.8, 4) is 68.3 Å². The van der Waals surface area contributed by atoms with Crippen LogP contribution in [0.3, 0.4) is 0 Å². The van der Waals surface area contributed by atoms with Crippen molar-refractivity contribution in [3.63, 3.8) is 0 Å². The first-order chi connectivity index (χ1) is 29.9. The van der Waals surface area contributed by atoms with Gasteiger partial charge in [-0.3, -0.25) is 0 Å². The van der Waals surface area contributed by atoms with E-state index in [0.717, 1.165) is 68.5 Å². The number of rotatable bonds is 10. The summed E-state index contributed by atoms with van der Waals surface area (Å²) in [5, 5.41) is 2.02. The third kappa shape index (κ3) is 5.98. The predicted octanol–water partition coefficient (Wildman–Crippen LogP) is 12.5. The number of aromatic nitrogens is 3. The summed E-state index contributed by atoms with van der Waals surface area (Å²) < 4.78 is 25.2. The van der Waals surface area contributed by atoms with E-state index < -0.39 is 5.60 Å². The average Bonchev–Trinajstić information content (AvgIpc) is 3.64. The first-order valence-electron chi connectivity index (χ1n) is 20.8. The number of benzene rings is 7. The summed E-state index contributed by atoms with van der Waals surface area (Å²) in [5.74, 6) is 4.69. The quantitative estimate of drug-likeness (QED) is 0.136. The summed E-state index contributed by atoms with van der Waals surface area (Å²) >= 11 is 0. The zero-order valence-electron chi connectivity index (χ0n) is 34.9. The van der Waals surface area contributed by atoms with Crippen molar-refractivity contribution in [1.29, 1.82) is 0 Å². The average molecular weight is 800 g/mol. The van der Waals surface area contributed by atoms with Crippen LogP contribution in [0.25, 0.3) is 62.1 Å². The summed E-state index contributed by atoms with van der Waals surface area (Å²) in [6.07, 6.45) is 6.39. The van der Waals surface area contributed by atoms with Gasteiger partial charge in [-0.2, -0.15) is 0 Å². The molecule has 0 bridgehead atoms. The lowest BCUT2D eigenvalue weighted by Gasteiger charge is -2.39. The second-order valence-corrected chi connectivity index (χ2v) is 15.6. The van der Waals surface area contributed by atoms with Crippen LogP contribution < -0.4 is 18.9 Å². The van der Waals surface area contributed by atoms with Crippen molar-refractivity contribution in [2.24, 2.45) is 0 Å². The molecule has 300 valence electrons. The lowest BCUT2D eigenvalue weighted by molar-refractivity contribution is 0.163. The number of hydrogen-bond donors (Lipinski definition) is 0. The van der Waals surface area contributed by atoms with Gasteiger partial charge < -0.3 is 18.9 Å². The Hall–Kier alpha value is -7.25. The van der Waals surface area contributed by atoms with Crippen LogP contribution in [-0.2, 0) is 11.0 Å². The Kier molecular flexibility index (Phi) is 9.40. The largest absolute Gasteiger partial charge is 0.497 e. The topological polar surface area (TPSA) is 75.6 Å². The SMILES string of the molecule is CCC1(CC)c2ccccc2-c2c1c1c(c3cc(OC)c(OC)cc23)OC(c2ccc(OC)cc2)(c2ccc(-c3nc(-c4ccccc4)nc(-c4ccccc4)n3)cc2)C=C1. The standard InChI is InChI=1S/C54H45N3O4/c1-6-53(7-2)44-21-15-14-20-40(44)47-42-32-45(59-4)46(60-5)33-43(42)49-41(48(47)53)30-31-54(61-49,38-26-28-39(58-3)29-27-38)37-24-22-36(23-25-37)52-56-50(34-16-10-8-11-17-34)55-51(57-52)35-18-12-9-13-19-35/h8-33H,6-7H2,1-5H3. The molecule has 0 saturated heterocycles. The maximum Gasteiger partial charge on any atom is 0.178 e. The number of hydrogen-bond acceptors (Lipinski definition) is 7. The van der Waals surface area contributed by atoms with Gasteiger partial charge in [0.05, 0.1) is 21.3 Å². The lowest BCUT2D eigenvalue weighted by atomic mass is 9.71. The fourth-order valence-corrected chi connectivity index (χ4v) is 9.60. The molecule has 1 atom stereocenters. The Morgan fingerprint density at radius 2 is 1.05 bits per heavy atom. The number of nitrogens with zero attached hydrogens (tertiary/aromatic N) is 3. The maximum absolute atomic E-state index is 7.69. The fourth-order valence-electron chi connectivity index (χ4n) is 9.60. The Balaban J connectivity index is 1.18. The summed E-state index contributed by atoms with van der Waals surface area (Å²) in [4.78, 5) is 14.9. The molecule has 1 aliphatic carbocycles. The second-order valence-electron chi connectivity index (χ2n) is 15.6. The molecular weight excluding hydrogens is 755 g/mol. The molecule has 2 heterocycles. The third-order valence-corrected chi connectivity index (χ3v) is 12.7. The Morgan fingerprint density at radius 3 is 1.59 bits per heavy atom. The lowest BCUT2D eigenvalue weighted by Crippen LogP contribution is -2.35. The van der Waals surface area contributed by atoms with Gasteiger partial charge in [-0.1, -0.05) is 141 Å². The third-order valence-electron chi connectivity index (χ3n) is 12.7. The molecule has 0 N–H and O–H groups in total. The Bertz CT molecular complexity index is 2900. The van der Waals surface area contributed by atoms with E-state index in [1.807, 2.05) is 72.8 Å². The second kappa shape index (κ2) is 15.1. The Morgan fingerprint density at radius 1 is 0.541 bits per heavy atom. The molecule has 2 aliphatic rings. The van der Waals surface area contributed by atoms with Crippen molar-refractivity contribution in [1.82, 2.24) is 15.0 Å². The molecule has 0 spiro atoms. The predicted molar refractivity (Wildman–Crippen MR) is 243 cm³/mol. The smallest absolute Gasteiger partial charge is 0.178 e. The zero-order valence-corrected chi connectivity index (χ0v) is 34.9. The summed E-state index contributed by atoms with van der Waals surface area (Å²) in [5.41, 5.74) is 9.56. The van der Waals surface area contributed by atoms with Crippen molar-refractivity contribution >= 4 is 16.8 Å². The van der Waals surface area contributed by atoms with Crippen molar-refractivity contribution in [2.75, 3.05) is 21.3 Å². The van der Waals surface area contributed by atoms with E-state index in [1.54, 1.807) is 21.3 Å². The van der Waals surface area contributed by atoms with Gasteiger partial charge in [0.1, 0.15) is 11.5 Å². The molecule has 1 aromatic heterocycles. The molecule has 0 radical (unpaired) electrons. The number of methoxy groups -OCH3 is 3. The fraction of sp³-hybridized carbons (Fsp3) is 0.167. The van der Waals surface area contributed by atoms with Gasteiger partial charge in [-0.05, 0) is 70.8 Å². The molecular formula is C54H45N3O4. The van der Waals surface area contributed by atoms with Gasteiger partial charge in [0.25, 0.3) is 0 Å². The Labute approximate surface area is 356 Å². The van der Waals surface area contributed by atoms with Gasteiger partial charge in [0.2, 0.25) is 0 Å². The highest BCUT2D eigenvalue weighted by molar-refractivity contribution is 6.09. The molecule has 61 heavy (non-hydrogen) atoms. The van der Waals surface area contributed by atoms with E-state index in [0.29, 0.717) is 29.0 Å². The van der Waals surface area contributed by atoms with Crippen LogP contribution in [0.1, 0.15) is 54.5 Å². The molecule has 0 fully saturated rings. The molecule has 7 aromatic carbocycles. The monoisotopic (exact) mass is 799 g/mol. The van der Waals surface area contributed by atoms with Gasteiger partial charge in [-0.25, -0.2) is 15.0 Å². The van der Waals surface area contributed by atoms with Crippen LogP contribution in [0.2, 0.25) is 0 Å². The highest BCUT2D eigenvalue weighted by Gasteiger charge is 2.47. The molecule has 1 aliphatic heterocycles. The maximum atomic E-state index is 7.69. The van der Waals surface area contributed by atoms with Crippen LogP contribution in [-0.4, -0.2) is 36.3 Å². The summed E-state index contributed by atoms with van der Waals surface area (Å²) in [6.45, 7) is 4.60. The highest BCUT2D eigenvalue weighted by atomic mass is 16.5. The van der Waals surface area contributed by atoms with Crippen LogP contribution in [0.5, 0.6) is 23.0 Å². The minimum absolute atomic E-state index is 0.214. The first-order valence-corrected chi connectivity index (χ1v) is 20.8. The normalized spacial score (nSPS) is 15.7. The van der Waals surface area contributed by atoms with E-state index >= 15 is 0 Å².